The highest BCUT2D eigenvalue weighted by Gasteiger charge is 2.13. The summed E-state index contributed by atoms with van der Waals surface area (Å²) in [6, 6.07) is 7.04. The van der Waals surface area contributed by atoms with E-state index in [0.29, 0.717) is 36.7 Å². The van der Waals surface area contributed by atoms with Gasteiger partial charge in [0.25, 0.3) is 0 Å². The van der Waals surface area contributed by atoms with Crippen LogP contribution >= 0.6 is 0 Å². The fourth-order valence-electron chi connectivity index (χ4n) is 3.26. The number of nitrogens with zero attached hydrogens (tertiary/aromatic N) is 4. The number of nitrogens with two attached hydrogens (primary N) is 1. The second kappa shape index (κ2) is 9.19. The molecule has 0 amide bonds. The average Bonchev–Trinajstić information content (AvgIpc) is 3.18. The van der Waals surface area contributed by atoms with Crippen LogP contribution in [0.3, 0.4) is 0 Å². The quantitative estimate of drug-likeness (QED) is 0.549. The molecule has 1 aromatic carbocycles. The smallest absolute Gasteiger partial charge is 0.151 e. The van der Waals surface area contributed by atoms with E-state index in [0.717, 1.165) is 36.4 Å². The number of hydrogen-bond acceptors (Lipinski definition) is 7. The Bertz CT molecular complexity index is 1010. The monoisotopic (exact) mass is 411 g/mol. The van der Waals surface area contributed by atoms with Crippen LogP contribution in [0, 0.1) is 5.82 Å². The summed E-state index contributed by atoms with van der Waals surface area (Å²) in [4.78, 5) is 2.15. The van der Waals surface area contributed by atoms with Crippen molar-refractivity contribution in [1.29, 1.82) is 0 Å². The molecular weight excluding hydrogens is 385 g/mol. The number of ether oxygens (including phenoxy) is 1. The van der Waals surface area contributed by atoms with Crippen LogP contribution in [-0.2, 0) is 4.74 Å². The molecule has 3 aromatic rings. The minimum Gasteiger partial charge on any atom is -0.381 e. The fourth-order valence-corrected chi connectivity index (χ4v) is 3.26. The van der Waals surface area contributed by atoms with Gasteiger partial charge in [0.2, 0.25) is 0 Å². The Hall–Kier alpha value is -3.04. The van der Waals surface area contributed by atoms with Crippen LogP contribution in [0.15, 0.2) is 24.3 Å². The number of hydrogen-bond donors (Lipinski definition) is 3. The van der Waals surface area contributed by atoms with Crippen molar-refractivity contribution in [3.63, 3.8) is 0 Å². The van der Waals surface area contributed by atoms with E-state index in [1.807, 2.05) is 31.2 Å². The number of benzene rings is 1. The van der Waals surface area contributed by atoms with Crippen molar-refractivity contribution >= 4 is 34.6 Å². The Morgan fingerprint density at radius 3 is 2.83 bits per heavy atom. The minimum absolute atomic E-state index is 0.0252. The highest BCUT2D eigenvalue weighted by molar-refractivity contribution is 5.91. The molecule has 1 atom stereocenters. The van der Waals surface area contributed by atoms with Crippen LogP contribution in [0.4, 0.5) is 15.9 Å². The molecule has 2 aromatic heterocycles. The molecule has 0 bridgehead atoms. The number of H-pyrrole nitrogens is 1. The van der Waals surface area contributed by atoms with E-state index in [4.69, 9.17) is 10.5 Å². The molecule has 0 saturated carbocycles. The lowest BCUT2D eigenvalue weighted by molar-refractivity contribution is 0.122. The molecule has 158 valence electrons. The van der Waals surface area contributed by atoms with Crippen LogP contribution in [0.2, 0.25) is 0 Å². The molecule has 1 unspecified atom stereocenters. The lowest BCUT2D eigenvalue weighted by atomic mass is 10.1. The van der Waals surface area contributed by atoms with Gasteiger partial charge in [-0.3, -0.25) is 5.10 Å². The first kappa shape index (κ1) is 20.2. The third kappa shape index (κ3) is 4.58. The largest absolute Gasteiger partial charge is 0.381 e. The number of fused-ring (bicyclic) bond motifs is 1. The van der Waals surface area contributed by atoms with E-state index >= 15 is 0 Å². The first-order chi connectivity index (χ1) is 14.6. The summed E-state index contributed by atoms with van der Waals surface area (Å²) in [5, 5.41) is 19.7. The summed E-state index contributed by atoms with van der Waals surface area (Å²) >= 11 is 0. The molecule has 0 radical (unpaired) electrons. The lowest BCUT2D eigenvalue weighted by Gasteiger charge is -2.27. The third-order valence-electron chi connectivity index (χ3n) is 5.18. The van der Waals surface area contributed by atoms with E-state index in [-0.39, 0.29) is 11.9 Å². The standard InChI is InChI=1S/C21H26FN7O/c1-2-14(23)13-24-20-11-16-18(26-27-19(16)12-17(20)22)5-3-15-4-6-21(28-25-15)29-7-9-30-10-8-29/h3-6,11-12,14,24H,2,7-10,13,23H2,1H3,(H,26,27). The van der Waals surface area contributed by atoms with Gasteiger partial charge in [0.1, 0.15) is 5.82 Å². The second-order valence-corrected chi connectivity index (χ2v) is 7.28. The second-order valence-electron chi connectivity index (χ2n) is 7.28. The maximum absolute atomic E-state index is 14.3. The van der Waals surface area contributed by atoms with E-state index in [2.05, 4.69) is 30.6 Å². The number of aromatic amines is 1. The Morgan fingerprint density at radius 1 is 1.27 bits per heavy atom. The van der Waals surface area contributed by atoms with Gasteiger partial charge in [-0.1, -0.05) is 6.92 Å². The first-order valence-electron chi connectivity index (χ1n) is 10.2. The normalized spacial score (nSPS) is 15.8. The summed E-state index contributed by atoms with van der Waals surface area (Å²) in [5.41, 5.74) is 8.39. The first-order valence-corrected chi connectivity index (χ1v) is 10.2. The lowest BCUT2D eigenvalue weighted by Crippen LogP contribution is -2.36. The number of anilines is 2. The zero-order chi connectivity index (χ0) is 20.9. The SMILES string of the molecule is CCC(N)CNc1cc2c(C=Cc3ccc(N4CCOCC4)nn3)n[nH]c2cc1F. The van der Waals surface area contributed by atoms with Crippen molar-refractivity contribution in [2.24, 2.45) is 5.73 Å². The van der Waals surface area contributed by atoms with Crippen molar-refractivity contribution in [3.05, 3.63) is 41.5 Å². The molecular formula is C21H26FN7O. The predicted octanol–water partition coefficient (Wildman–Crippen LogP) is 2.65. The maximum Gasteiger partial charge on any atom is 0.151 e. The molecule has 4 rings (SSSR count). The highest BCUT2D eigenvalue weighted by Crippen LogP contribution is 2.25. The van der Waals surface area contributed by atoms with Crippen molar-refractivity contribution in [2.45, 2.75) is 19.4 Å². The van der Waals surface area contributed by atoms with Crippen LogP contribution in [0.5, 0.6) is 0 Å². The van der Waals surface area contributed by atoms with Crippen molar-refractivity contribution < 1.29 is 9.13 Å². The predicted molar refractivity (Wildman–Crippen MR) is 117 cm³/mol. The number of rotatable bonds is 7. The van der Waals surface area contributed by atoms with Gasteiger partial charge in [0.15, 0.2) is 5.82 Å². The van der Waals surface area contributed by atoms with E-state index in [9.17, 15) is 4.39 Å². The summed E-state index contributed by atoms with van der Waals surface area (Å²) in [5.74, 6) is 0.506. The molecule has 3 heterocycles. The zero-order valence-electron chi connectivity index (χ0n) is 16.9. The van der Waals surface area contributed by atoms with Gasteiger partial charge in [-0.15, -0.1) is 10.2 Å². The zero-order valence-corrected chi connectivity index (χ0v) is 16.9. The van der Waals surface area contributed by atoms with Gasteiger partial charge in [0, 0.05) is 37.1 Å². The molecule has 0 aliphatic carbocycles. The Kier molecular flexibility index (Phi) is 6.20. The highest BCUT2D eigenvalue weighted by atomic mass is 19.1. The number of halogens is 1. The van der Waals surface area contributed by atoms with E-state index in [1.54, 1.807) is 6.07 Å². The van der Waals surface area contributed by atoms with Gasteiger partial charge >= 0.3 is 0 Å². The molecule has 1 aliphatic rings. The molecule has 0 spiro atoms. The molecule has 1 aliphatic heterocycles. The number of aromatic nitrogens is 4. The molecule has 8 nitrogen and oxygen atoms in total. The minimum atomic E-state index is -0.338. The van der Waals surface area contributed by atoms with Crippen LogP contribution in [0.25, 0.3) is 23.1 Å². The van der Waals surface area contributed by atoms with Crippen molar-refractivity contribution in [2.75, 3.05) is 43.1 Å². The summed E-state index contributed by atoms with van der Waals surface area (Å²) in [6.45, 7) is 5.56. The van der Waals surface area contributed by atoms with Gasteiger partial charge in [0.05, 0.1) is 35.8 Å². The fraction of sp³-hybridized carbons (Fsp3) is 0.381. The Labute approximate surface area is 174 Å². The van der Waals surface area contributed by atoms with Crippen LogP contribution in [0.1, 0.15) is 24.7 Å². The van der Waals surface area contributed by atoms with Gasteiger partial charge in [-0.25, -0.2) is 4.39 Å². The van der Waals surface area contributed by atoms with Gasteiger partial charge in [-0.2, -0.15) is 5.10 Å². The van der Waals surface area contributed by atoms with Crippen molar-refractivity contribution in [1.82, 2.24) is 20.4 Å². The van der Waals surface area contributed by atoms with Gasteiger partial charge in [-0.05, 0) is 36.8 Å². The van der Waals surface area contributed by atoms with Crippen LogP contribution in [-0.4, -0.2) is 59.3 Å². The Morgan fingerprint density at radius 2 is 2.10 bits per heavy atom. The molecule has 9 heteroatoms. The molecule has 4 N–H and O–H groups in total. The van der Waals surface area contributed by atoms with E-state index < -0.39 is 0 Å². The topological polar surface area (TPSA) is 105 Å². The molecule has 1 fully saturated rings. The molecule has 1 saturated heterocycles. The summed E-state index contributed by atoms with van der Waals surface area (Å²) < 4.78 is 19.7. The maximum atomic E-state index is 14.3. The number of nitrogens with one attached hydrogen (secondary N) is 2. The van der Waals surface area contributed by atoms with E-state index in [1.165, 1.54) is 6.07 Å². The number of morpholine rings is 1. The van der Waals surface area contributed by atoms with Gasteiger partial charge < -0.3 is 20.7 Å². The van der Waals surface area contributed by atoms with Crippen molar-refractivity contribution in [3.8, 4) is 0 Å². The summed E-state index contributed by atoms with van der Waals surface area (Å²) in [6.07, 6.45) is 4.51. The molecule has 30 heavy (non-hydrogen) atoms. The van der Waals surface area contributed by atoms with Crippen LogP contribution < -0.4 is 16.0 Å². The Balaban J connectivity index is 1.50. The average molecular weight is 411 g/mol. The summed E-state index contributed by atoms with van der Waals surface area (Å²) in [7, 11) is 0. The third-order valence-corrected chi connectivity index (χ3v) is 5.18.